The van der Waals surface area contributed by atoms with Crippen molar-refractivity contribution in [1.29, 1.82) is 0 Å². The lowest BCUT2D eigenvalue weighted by atomic mass is 10.1. The summed E-state index contributed by atoms with van der Waals surface area (Å²) in [6.07, 6.45) is 4.58. The Bertz CT molecular complexity index is 829. The molecule has 26 heavy (non-hydrogen) atoms. The van der Waals surface area contributed by atoms with E-state index in [0.29, 0.717) is 0 Å². The highest BCUT2D eigenvalue weighted by Gasteiger charge is 2.19. The van der Waals surface area contributed by atoms with Crippen LogP contribution in [0.1, 0.15) is 23.2 Å². The minimum atomic E-state index is -0.168. The van der Waals surface area contributed by atoms with Gasteiger partial charge in [-0.1, -0.05) is 47.7 Å². The van der Waals surface area contributed by atoms with E-state index in [2.05, 4.69) is 63.7 Å². The zero-order chi connectivity index (χ0) is 17.8. The summed E-state index contributed by atoms with van der Waals surface area (Å²) in [7, 11) is 0. The Morgan fingerprint density at radius 2 is 1.77 bits per heavy atom. The Balaban J connectivity index is 1.36. The van der Waals surface area contributed by atoms with Crippen LogP contribution < -0.4 is 0 Å². The fraction of sp³-hybridized carbons (Fsp3) is 0.333. The first-order chi connectivity index (χ1) is 12.8. The molecule has 0 bridgehead atoms. The van der Waals surface area contributed by atoms with Gasteiger partial charge in [0.2, 0.25) is 0 Å². The monoisotopic (exact) mass is 348 g/mol. The summed E-state index contributed by atoms with van der Waals surface area (Å²) in [4.78, 5) is 2.29. The largest absolute Gasteiger partial charge is 0.392 e. The summed E-state index contributed by atoms with van der Waals surface area (Å²) in [5.41, 5.74) is 4.60. The standard InChI is InChI=1S/C21H24N4O/c26-21-12-13-24(16-21)14-18-7-10-20(11-8-18)25-15-19(22-23-25)9-6-17-4-2-1-3-5-17/h1-5,7-8,10-11,15,21,26H,6,9,12-14,16H2/t21-/m0/s1. The van der Waals surface area contributed by atoms with Gasteiger partial charge in [-0.05, 0) is 42.5 Å². The third kappa shape index (κ3) is 4.18. The average molecular weight is 348 g/mol. The van der Waals surface area contributed by atoms with Crippen molar-refractivity contribution in [3.05, 3.63) is 77.6 Å². The molecular weight excluding hydrogens is 324 g/mol. The summed E-state index contributed by atoms with van der Waals surface area (Å²) in [5, 5.41) is 18.2. The van der Waals surface area contributed by atoms with Crippen molar-refractivity contribution in [2.45, 2.75) is 31.9 Å². The predicted octanol–water partition coefficient (Wildman–Crippen LogP) is 2.62. The maximum Gasteiger partial charge on any atom is 0.0835 e. The van der Waals surface area contributed by atoms with Crippen molar-refractivity contribution in [1.82, 2.24) is 19.9 Å². The number of benzene rings is 2. The minimum Gasteiger partial charge on any atom is -0.392 e. The first kappa shape index (κ1) is 16.9. The van der Waals surface area contributed by atoms with E-state index in [0.717, 1.165) is 50.3 Å². The van der Waals surface area contributed by atoms with Crippen LogP contribution in [0.15, 0.2) is 60.8 Å². The van der Waals surface area contributed by atoms with Gasteiger partial charge in [-0.15, -0.1) is 5.10 Å². The lowest BCUT2D eigenvalue weighted by Gasteiger charge is -2.15. The molecule has 1 aromatic heterocycles. The number of β-amino-alcohol motifs (C(OH)–C–C–N with tert-alkyl or cyclic N) is 1. The number of aromatic nitrogens is 3. The molecule has 2 heterocycles. The van der Waals surface area contributed by atoms with Gasteiger partial charge >= 0.3 is 0 Å². The van der Waals surface area contributed by atoms with Crippen molar-refractivity contribution in [2.75, 3.05) is 13.1 Å². The van der Waals surface area contributed by atoms with E-state index in [1.54, 1.807) is 0 Å². The summed E-state index contributed by atoms with van der Waals surface area (Å²) in [6, 6.07) is 18.9. The van der Waals surface area contributed by atoms with Crippen LogP contribution in [-0.4, -0.2) is 44.2 Å². The number of nitrogens with zero attached hydrogens (tertiary/aromatic N) is 4. The molecule has 0 aliphatic carbocycles. The zero-order valence-electron chi connectivity index (χ0n) is 14.8. The van der Waals surface area contributed by atoms with Gasteiger partial charge in [0, 0.05) is 19.6 Å². The highest BCUT2D eigenvalue weighted by Crippen LogP contribution is 2.15. The SMILES string of the molecule is O[C@H]1CCN(Cc2ccc(-n3cc(CCc4ccccc4)nn3)cc2)C1. The maximum atomic E-state index is 9.63. The molecule has 1 aliphatic heterocycles. The molecule has 0 unspecified atom stereocenters. The molecule has 0 amide bonds. The second-order valence-corrected chi connectivity index (χ2v) is 6.98. The van der Waals surface area contributed by atoms with Crippen LogP contribution in [0.4, 0.5) is 0 Å². The van der Waals surface area contributed by atoms with Gasteiger partial charge in [0.05, 0.1) is 23.7 Å². The molecule has 5 nitrogen and oxygen atoms in total. The molecule has 2 aromatic carbocycles. The van der Waals surface area contributed by atoms with Crippen LogP contribution in [0.25, 0.3) is 5.69 Å². The Labute approximate surface area is 153 Å². The van der Waals surface area contributed by atoms with E-state index >= 15 is 0 Å². The molecule has 1 fully saturated rings. The van der Waals surface area contributed by atoms with Crippen molar-refractivity contribution in [3.63, 3.8) is 0 Å². The fourth-order valence-corrected chi connectivity index (χ4v) is 3.42. The van der Waals surface area contributed by atoms with Crippen LogP contribution in [-0.2, 0) is 19.4 Å². The van der Waals surface area contributed by atoms with Crippen LogP contribution in [0.3, 0.4) is 0 Å². The lowest BCUT2D eigenvalue weighted by Crippen LogP contribution is -2.21. The normalized spacial score (nSPS) is 17.7. The van der Waals surface area contributed by atoms with Gasteiger partial charge in [0.15, 0.2) is 0 Å². The summed E-state index contributed by atoms with van der Waals surface area (Å²) < 4.78 is 1.84. The molecule has 1 aliphatic rings. The molecule has 0 saturated carbocycles. The van der Waals surface area contributed by atoms with Gasteiger partial charge in [-0.3, -0.25) is 4.90 Å². The molecule has 1 atom stereocenters. The van der Waals surface area contributed by atoms with E-state index in [1.807, 2.05) is 16.9 Å². The summed E-state index contributed by atoms with van der Waals surface area (Å²) in [6.45, 7) is 2.63. The third-order valence-corrected chi connectivity index (χ3v) is 4.91. The number of likely N-dealkylation sites (tertiary alicyclic amines) is 1. The van der Waals surface area contributed by atoms with Crippen LogP contribution in [0.5, 0.6) is 0 Å². The van der Waals surface area contributed by atoms with Gasteiger partial charge in [0.1, 0.15) is 0 Å². The number of aryl methyl sites for hydroxylation is 2. The van der Waals surface area contributed by atoms with E-state index in [4.69, 9.17) is 0 Å². The first-order valence-corrected chi connectivity index (χ1v) is 9.21. The Kier molecular flexibility index (Phi) is 5.09. The molecule has 1 saturated heterocycles. The number of hydrogen-bond donors (Lipinski definition) is 1. The predicted molar refractivity (Wildman–Crippen MR) is 101 cm³/mol. The smallest absolute Gasteiger partial charge is 0.0835 e. The lowest BCUT2D eigenvalue weighted by molar-refractivity contribution is 0.175. The minimum absolute atomic E-state index is 0.168. The Morgan fingerprint density at radius 3 is 2.50 bits per heavy atom. The van der Waals surface area contributed by atoms with Crippen LogP contribution in [0.2, 0.25) is 0 Å². The van der Waals surface area contributed by atoms with E-state index < -0.39 is 0 Å². The molecule has 5 heteroatoms. The maximum absolute atomic E-state index is 9.63. The zero-order valence-corrected chi connectivity index (χ0v) is 14.8. The topological polar surface area (TPSA) is 54.2 Å². The summed E-state index contributed by atoms with van der Waals surface area (Å²) in [5.74, 6) is 0. The van der Waals surface area contributed by atoms with Gasteiger partial charge in [0.25, 0.3) is 0 Å². The van der Waals surface area contributed by atoms with Crippen molar-refractivity contribution >= 4 is 0 Å². The number of aliphatic hydroxyl groups is 1. The molecule has 3 aromatic rings. The average Bonchev–Trinajstić information content (AvgIpc) is 3.31. The van der Waals surface area contributed by atoms with E-state index in [9.17, 15) is 5.11 Å². The highest BCUT2D eigenvalue weighted by molar-refractivity contribution is 5.34. The van der Waals surface area contributed by atoms with Crippen molar-refractivity contribution < 1.29 is 5.11 Å². The second kappa shape index (κ2) is 7.81. The fourth-order valence-electron chi connectivity index (χ4n) is 3.42. The number of hydrogen-bond acceptors (Lipinski definition) is 4. The number of rotatable bonds is 6. The third-order valence-electron chi connectivity index (χ3n) is 4.91. The van der Waals surface area contributed by atoms with E-state index in [1.165, 1.54) is 11.1 Å². The summed E-state index contributed by atoms with van der Waals surface area (Å²) >= 11 is 0. The van der Waals surface area contributed by atoms with Crippen molar-refractivity contribution in [3.8, 4) is 5.69 Å². The van der Waals surface area contributed by atoms with Gasteiger partial charge in [-0.2, -0.15) is 0 Å². The van der Waals surface area contributed by atoms with Gasteiger partial charge < -0.3 is 5.11 Å². The first-order valence-electron chi connectivity index (χ1n) is 9.21. The molecular formula is C21H24N4O. The van der Waals surface area contributed by atoms with Crippen LogP contribution >= 0.6 is 0 Å². The second-order valence-electron chi connectivity index (χ2n) is 6.98. The molecule has 1 N–H and O–H groups in total. The molecule has 0 radical (unpaired) electrons. The molecule has 134 valence electrons. The Hall–Kier alpha value is -2.50. The quantitative estimate of drug-likeness (QED) is 0.744. The van der Waals surface area contributed by atoms with E-state index in [-0.39, 0.29) is 6.10 Å². The van der Waals surface area contributed by atoms with Gasteiger partial charge in [-0.25, -0.2) is 4.68 Å². The number of aliphatic hydroxyl groups excluding tert-OH is 1. The molecule has 0 spiro atoms. The Morgan fingerprint density at radius 1 is 0.962 bits per heavy atom. The van der Waals surface area contributed by atoms with Crippen molar-refractivity contribution in [2.24, 2.45) is 0 Å². The van der Waals surface area contributed by atoms with Crippen LogP contribution in [0, 0.1) is 0 Å². The highest BCUT2D eigenvalue weighted by atomic mass is 16.3. The molecule has 4 rings (SSSR count).